The number of carbonyl (C=O) groups is 1. The Morgan fingerprint density at radius 3 is 2.54 bits per heavy atom. The molecule has 0 atom stereocenters. The molecular weight excluding hydrogens is 352 g/mol. The summed E-state index contributed by atoms with van der Waals surface area (Å²) in [5.41, 5.74) is 1.39. The van der Waals surface area contributed by atoms with E-state index >= 15 is 0 Å². The van der Waals surface area contributed by atoms with Crippen LogP contribution in [0.3, 0.4) is 0 Å². The Balaban J connectivity index is 1.90. The number of anilines is 1. The summed E-state index contributed by atoms with van der Waals surface area (Å²) in [4.78, 5) is 12.2. The summed E-state index contributed by atoms with van der Waals surface area (Å²) in [5.74, 6) is 0.520. The monoisotopic (exact) mass is 376 g/mol. The number of hydrogen-bond acceptors (Lipinski definition) is 4. The van der Waals surface area contributed by atoms with E-state index in [0.717, 1.165) is 15.6 Å². The van der Waals surface area contributed by atoms with E-state index in [-0.39, 0.29) is 22.9 Å². The lowest BCUT2D eigenvalue weighted by atomic mass is 10.2. The average Bonchev–Trinajstić information content (AvgIpc) is 2.59. The molecule has 0 heterocycles. The van der Waals surface area contributed by atoms with Crippen LogP contribution in [0.15, 0.2) is 53.4 Å². The molecule has 0 fully saturated rings. The van der Waals surface area contributed by atoms with Gasteiger partial charge in [0.25, 0.3) is 0 Å². The van der Waals surface area contributed by atoms with Gasteiger partial charge in [0.05, 0.1) is 12.3 Å². The minimum atomic E-state index is -3.62. The van der Waals surface area contributed by atoms with Gasteiger partial charge in [-0.1, -0.05) is 24.3 Å². The number of hydrogen-bond donors (Lipinski definition) is 1. The molecule has 7 heteroatoms. The highest BCUT2D eigenvalue weighted by molar-refractivity contribution is 7.89. The largest absolute Gasteiger partial charge is 0.494 e. The Kier molecular flexibility index (Phi) is 6.76. The van der Waals surface area contributed by atoms with Crippen molar-refractivity contribution in [2.45, 2.75) is 24.7 Å². The van der Waals surface area contributed by atoms with E-state index in [2.05, 4.69) is 5.32 Å². The summed E-state index contributed by atoms with van der Waals surface area (Å²) in [6.07, 6.45) is 0.768. The highest BCUT2D eigenvalue weighted by atomic mass is 32.2. The maximum absolute atomic E-state index is 12.3. The molecule has 0 aliphatic rings. The Bertz CT molecular complexity index is 863. The lowest BCUT2D eigenvalue weighted by Crippen LogP contribution is -2.24. The summed E-state index contributed by atoms with van der Waals surface area (Å²) in [5, 5.41) is 2.68. The summed E-state index contributed by atoms with van der Waals surface area (Å²) in [6.45, 7) is 2.40. The molecular formula is C19H24N2O4S. The third-order valence-corrected chi connectivity index (χ3v) is 5.60. The molecule has 26 heavy (non-hydrogen) atoms. The topological polar surface area (TPSA) is 75.7 Å². The van der Waals surface area contributed by atoms with Crippen LogP contribution in [0.25, 0.3) is 0 Å². The normalized spacial score (nSPS) is 11.4. The number of sulfonamides is 1. The second-order valence-corrected chi connectivity index (χ2v) is 8.22. The molecule has 0 aliphatic heterocycles. The quantitative estimate of drug-likeness (QED) is 0.719. The minimum absolute atomic E-state index is 0.0781. The summed E-state index contributed by atoms with van der Waals surface area (Å²) >= 11 is 0. The van der Waals surface area contributed by atoms with Gasteiger partial charge in [-0.25, -0.2) is 12.7 Å². The van der Waals surface area contributed by atoms with Crippen molar-refractivity contribution >= 4 is 21.6 Å². The molecule has 0 saturated heterocycles. The van der Waals surface area contributed by atoms with E-state index in [4.69, 9.17) is 4.74 Å². The third kappa shape index (κ3) is 5.31. The van der Waals surface area contributed by atoms with Crippen LogP contribution in [0.5, 0.6) is 5.75 Å². The highest BCUT2D eigenvalue weighted by Crippen LogP contribution is 2.23. The van der Waals surface area contributed by atoms with Crippen LogP contribution in [0.1, 0.15) is 18.4 Å². The van der Waals surface area contributed by atoms with E-state index < -0.39 is 10.0 Å². The predicted octanol–water partition coefficient (Wildman–Crippen LogP) is 3.04. The van der Waals surface area contributed by atoms with E-state index in [1.807, 2.05) is 31.2 Å². The number of nitrogens with one attached hydrogen (secondary N) is 1. The highest BCUT2D eigenvalue weighted by Gasteiger charge is 2.21. The van der Waals surface area contributed by atoms with Crippen LogP contribution in [0.2, 0.25) is 0 Å². The summed E-state index contributed by atoms with van der Waals surface area (Å²) in [7, 11) is -0.715. The van der Waals surface area contributed by atoms with E-state index in [1.165, 1.54) is 20.2 Å². The lowest BCUT2D eigenvalue weighted by Gasteiger charge is -2.15. The van der Waals surface area contributed by atoms with Gasteiger partial charge in [-0.3, -0.25) is 4.79 Å². The Morgan fingerprint density at radius 1 is 1.12 bits per heavy atom. The van der Waals surface area contributed by atoms with Crippen LogP contribution < -0.4 is 10.1 Å². The molecule has 0 aliphatic carbocycles. The van der Waals surface area contributed by atoms with E-state index in [9.17, 15) is 13.2 Å². The first kappa shape index (κ1) is 19.9. The van der Waals surface area contributed by atoms with Gasteiger partial charge in [0.2, 0.25) is 15.9 Å². The van der Waals surface area contributed by atoms with Gasteiger partial charge in [-0.15, -0.1) is 0 Å². The number of benzene rings is 2. The first-order valence-electron chi connectivity index (χ1n) is 8.31. The fourth-order valence-corrected chi connectivity index (χ4v) is 3.37. The first-order chi connectivity index (χ1) is 12.3. The maximum Gasteiger partial charge on any atom is 0.244 e. The number of aryl methyl sites for hydroxylation is 1. The number of para-hydroxylation sites is 1. The average molecular weight is 376 g/mol. The molecule has 6 nitrogen and oxygen atoms in total. The number of nitrogens with zero attached hydrogens (tertiary/aromatic N) is 1. The van der Waals surface area contributed by atoms with Gasteiger partial charge in [0, 0.05) is 20.5 Å². The maximum atomic E-state index is 12.3. The van der Waals surface area contributed by atoms with Crippen molar-refractivity contribution in [2.24, 2.45) is 0 Å². The molecule has 1 N–H and O–H groups in total. The van der Waals surface area contributed by atoms with Crippen molar-refractivity contribution in [2.75, 3.05) is 26.0 Å². The summed E-state index contributed by atoms with van der Waals surface area (Å²) < 4.78 is 31.4. The molecule has 0 radical (unpaired) electrons. The van der Waals surface area contributed by atoms with Crippen molar-refractivity contribution in [3.05, 3.63) is 54.1 Å². The van der Waals surface area contributed by atoms with Gasteiger partial charge in [-0.05, 0) is 43.2 Å². The van der Waals surface area contributed by atoms with Gasteiger partial charge in [0.1, 0.15) is 10.6 Å². The van der Waals surface area contributed by atoms with Gasteiger partial charge in [0.15, 0.2) is 0 Å². The number of amides is 1. The van der Waals surface area contributed by atoms with Crippen molar-refractivity contribution < 1.29 is 17.9 Å². The van der Waals surface area contributed by atoms with E-state index in [1.54, 1.807) is 18.2 Å². The molecule has 0 aromatic heterocycles. The van der Waals surface area contributed by atoms with Gasteiger partial charge >= 0.3 is 0 Å². The molecule has 0 saturated carbocycles. The van der Waals surface area contributed by atoms with Crippen LogP contribution in [-0.2, 0) is 14.8 Å². The molecule has 2 aromatic rings. The predicted molar refractivity (Wildman–Crippen MR) is 102 cm³/mol. The molecule has 1 amide bonds. The molecule has 0 unspecified atom stereocenters. The van der Waals surface area contributed by atoms with Crippen molar-refractivity contribution in [3.63, 3.8) is 0 Å². The van der Waals surface area contributed by atoms with Crippen LogP contribution in [0.4, 0.5) is 5.69 Å². The van der Waals surface area contributed by atoms with Crippen molar-refractivity contribution in [1.82, 2.24) is 4.31 Å². The van der Waals surface area contributed by atoms with Gasteiger partial charge in [-0.2, -0.15) is 0 Å². The Hall–Kier alpha value is -2.38. The van der Waals surface area contributed by atoms with Crippen molar-refractivity contribution in [3.8, 4) is 5.75 Å². The molecule has 0 bridgehead atoms. The molecule has 140 valence electrons. The first-order valence-corrected chi connectivity index (χ1v) is 9.75. The third-order valence-electron chi connectivity index (χ3n) is 3.73. The zero-order chi connectivity index (χ0) is 19.2. The van der Waals surface area contributed by atoms with Crippen LogP contribution >= 0.6 is 0 Å². The number of carbonyl (C=O) groups excluding carboxylic acids is 1. The Labute approximate surface area is 154 Å². The Morgan fingerprint density at radius 2 is 1.85 bits per heavy atom. The minimum Gasteiger partial charge on any atom is -0.494 e. The smallest absolute Gasteiger partial charge is 0.244 e. The van der Waals surface area contributed by atoms with Crippen molar-refractivity contribution in [1.29, 1.82) is 0 Å². The SMILES string of the molecule is Cc1cccc(OCCCC(=O)Nc2ccccc2S(=O)(=O)N(C)C)c1. The molecule has 2 rings (SSSR count). The fraction of sp³-hybridized carbons (Fsp3) is 0.316. The lowest BCUT2D eigenvalue weighted by molar-refractivity contribution is -0.116. The summed E-state index contributed by atoms with van der Waals surface area (Å²) in [6, 6.07) is 14.1. The zero-order valence-electron chi connectivity index (χ0n) is 15.2. The second-order valence-electron chi connectivity index (χ2n) is 6.10. The van der Waals surface area contributed by atoms with Crippen LogP contribution in [0, 0.1) is 6.92 Å². The molecule has 0 spiro atoms. The van der Waals surface area contributed by atoms with E-state index in [0.29, 0.717) is 13.0 Å². The zero-order valence-corrected chi connectivity index (χ0v) is 16.0. The number of rotatable bonds is 8. The molecule has 2 aromatic carbocycles. The number of ether oxygens (including phenoxy) is 1. The van der Waals surface area contributed by atoms with Crippen LogP contribution in [-0.4, -0.2) is 39.3 Å². The second kappa shape index (κ2) is 8.82. The fourth-order valence-electron chi connectivity index (χ4n) is 2.33. The standard InChI is InChI=1S/C19H24N2O4S/c1-15-8-6-9-16(14-15)25-13-7-12-19(22)20-17-10-4-5-11-18(17)26(23,24)21(2)3/h4-6,8-11,14H,7,12-13H2,1-3H3,(H,20,22). The van der Waals surface area contributed by atoms with Gasteiger partial charge < -0.3 is 10.1 Å².